The van der Waals surface area contributed by atoms with Crippen molar-refractivity contribution in [2.45, 2.75) is 0 Å². The minimum absolute atomic E-state index is 0.836. The first kappa shape index (κ1) is 33.9. The minimum Gasteiger partial charge on any atom is -0.323 e. The lowest BCUT2D eigenvalue weighted by atomic mass is 9.90. The Kier molecular flexibility index (Phi) is 9.58. The molecule has 0 N–H and O–H groups in total. The Bertz CT molecular complexity index is 2200. The zero-order chi connectivity index (χ0) is 36.3. The fourth-order valence-corrected chi connectivity index (χ4v) is 10.3. The molecule has 0 aliphatic carbocycles. The molecule has 9 rings (SSSR count). The summed E-state index contributed by atoms with van der Waals surface area (Å²) in [6, 6.07) is 74.4. The number of nitrogens with zero attached hydrogens (tertiary/aromatic N) is 2. The number of rotatable bonds is 8. The van der Waals surface area contributed by atoms with E-state index in [1.54, 1.807) is 0 Å². The van der Waals surface area contributed by atoms with E-state index in [9.17, 15) is 0 Å². The highest BCUT2D eigenvalue weighted by Crippen LogP contribution is 2.62. The Morgan fingerprint density at radius 2 is 0.519 bits per heavy atom. The summed E-state index contributed by atoms with van der Waals surface area (Å²) in [6.45, 7) is 1.67. The van der Waals surface area contributed by atoms with E-state index in [4.69, 9.17) is 12.2 Å². The summed E-state index contributed by atoms with van der Waals surface area (Å²) in [5, 5.41) is 0. The molecule has 0 saturated carbocycles. The quantitative estimate of drug-likeness (QED) is 0.123. The molecule has 0 amide bonds. The van der Waals surface area contributed by atoms with Crippen molar-refractivity contribution in [3.05, 3.63) is 206 Å². The van der Waals surface area contributed by atoms with E-state index < -0.39 is 7.42 Å². The first-order valence-electron chi connectivity index (χ1n) is 18.5. The molecule has 0 unspecified atom stereocenters. The van der Waals surface area contributed by atoms with Gasteiger partial charge in [-0.25, -0.2) is 0 Å². The van der Waals surface area contributed by atoms with Gasteiger partial charge in [0.15, 0.2) is 7.42 Å². The second-order valence-electron chi connectivity index (χ2n) is 13.6. The van der Waals surface area contributed by atoms with E-state index in [0.29, 0.717) is 0 Å². The van der Waals surface area contributed by atoms with Crippen LogP contribution in [0.25, 0.3) is 66.8 Å². The highest BCUT2D eigenvalue weighted by atomic mass is 32.7. The highest BCUT2D eigenvalue weighted by molar-refractivity contribution is 8.46. The van der Waals surface area contributed by atoms with Crippen molar-refractivity contribution < 1.29 is 0 Å². The monoisotopic (exact) mass is 730 g/mol. The zero-order valence-electron chi connectivity index (χ0n) is 29.8. The average molecular weight is 731 g/mol. The van der Waals surface area contributed by atoms with Gasteiger partial charge in [-0.05, 0) is 68.8 Å². The molecule has 0 atom stereocenters. The largest absolute Gasteiger partial charge is 0.323 e. The minimum atomic E-state index is -1.14. The lowest BCUT2D eigenvalue weighted by Crippen LogP contribution is -2.14. The first-order chi connectivity index (χ1) is 26.7. The molecule has 1 heterocycles. The Morgan fingerprint density at radius 1 is 0.296 bits per heavy atom. The van der Waals surface area contributed by atoms with Gasteiger partial charge in [-0.2, -0.15) is 0 Å². The zero-order valence-corrected chi connectivity index (χ0v) is 31.6. The topological polar surface area (TPSA) is 6.48 Å². The van der Waals surface area contributed by atoms with Crippen LogP contribution in [0.3, 0.4) is 0 Å². The van der Waals surface area contributed by atoms with Gasteiger partial charge in [0, 0.05) is 35.3 Å². The van der Waals surface area contributed by atoms with E-state index in [0.717, 1.165) is 13.1 Å². The Morgan fingerprint density at radius 3 is 0.759 bits per heavy atom. The van der Waals surface area contributed by atoms with Crippen LogP contribution in [0.15, 0.2) is 206 Å². The van der Waals surface area contributed by atoms with Crippen LogP contribution >= 0.6 is 19.7 Å². The van der Waals surface area contributed by atoms with Gasteiger partial charge in [0.2, 0.25) is 0 Å². The smallest absolute Gasteiger partial charge is 0.157 e. The van der Waals surface area contributed by atoms with E-state index in [-0.39, 0.29) is 0 Å². The Labute approximate surface area is 325 Å². The molecule has 0 bridgehead atoms. The van der Waals surface area contributed by atoms with Gasteiger partial charge in [-0.15, -0.1) is 12.2 Å². The lowest BCUT2D eigenvalue weighted by molar-refractivity contribution is 1.03. The molecule has 0 aromatic heterocycles. The number of benzene rings is 8. The van der Waals surface area contributed by atoms with Gasteiger partial charge < -0.3 is 9.34 Å². The van der Waals surface area contributed by atoms with Crippen LogP contribution in [0.5, 0.6) is 0 Å². The number of hydrogen-bond acceptors (Lipinski definition) is 3. The second kappa shape index (κ2) is 15.2. The summed E-state index contributed by atoms with van der Waals surface area (Å²) in [6.07, 6.45) is 0. The highest BCUT2D eigenvalue weighted by Gasteiger charge is 2.36. The lowest BCUT2D eigenvalue weighted by Gasteiger charge is -2.33. The van der Waals surface area contributed by atoms with Gasteiger partial charge in [-0.3, -0.25) is 0 Å². The van der Waals surface area contributed by atoms with Crippen molar-refractivity contribution in [1.82, 2.24) is 0 Å². The van der Waals surface area contributed by atoms with Crippen LogP contribution in [0.2, 0.25) is 0 Å². The Hall–Kier alpha value is -5.86. The van der Waals surface area contributed by atoms with Crippen LogP contribution in [-0.4, -0.2) is 13.1 Å². The maximum Gasteiger partial charge on any atom is 0.157 e. The molecule has 8 aromatic rings. The van der Waals surface area contributed by atoms with Crippen molar-refractivity contribution in [2.75, 3.05) is 22.4 Å². The fraction of sp³-hybridized carbons (Fsp3) is 0.0400. The van der Waals surface area contributed by atoms with E-state index >= 15 is 0 Å². The van der Waals surface area contributed by atoms with Crippen molar-refractivity contribution in [3.8, 4) is 66.8 Å². The summed E-state index contributed by atoms with van der Waals surface area (Å²) < 4.78 is 5.15. The molecule has 1 saturated heterocycles. The molecule has 0 radical (unpaired) electrons. The molecule has 260 valence electrons. The van der Waals surface area contributed by atoms with E-state index in [1.165, 1.54) is 78.1 Å². The molecule has 1 fully saturated rings. The molecule has 1 aliphatic heterocycles. The van der Waals surface area contributed by atoms with E-state index in [2.05, 4.69) is 216 Å². The summed E-state index contributed by atoms with van der Waals surface area (Å²) in [4.78, 5) is 0. The molecule has 54 heavy (non-hydrogen) atoms. The molecular formula is C50H39N2PS. The van der Waals surface area contributed by atoms with Gasteiger partial charge in [0.05, 0.1) is 11.4 Å². The predicted octanol–water partition coefficient (Wildman–Crippen LogP) is 14.2. The van der Waals surface area contributed by atoms with Crippen molar-refractivity contribution in [3.63, 3.8) is 0 Å². The SMILES string of the molecule is SP1N(c2c(-c3ccccc3)cc(-c3ccccc3)cc2-c2ccccc2)CCN1c1c(-c2ccccc2)cc(-c2ccccc2)cc1-c1ccccc1. The maximum atomic E-state index is 5.65. The van der Waals surface area contributed by atoms with Crippen LogP contribution in [0, 0.1) is 0 Å². The van der Waals surface area contributed by atoms with Crippen LogP contribution < -0.4 is 9.34 Å². The van der Waals surface area contributed by atoms with Crippen LogP contribution in [-0.2, 0) is 0 Å². The number of hydrogen-bond donors (Lipinski definition) is 1. The third-order valence-electron chi connectivity index (χ3n) is 10.2. The van der Waals surface area contributed by atoms with Crippen LogP contribution in [0.4, 0.5) is 11.4 Å². The summed E-state index contributed by atoms with van der Waals surface area (Å²) >= 11 is 5.65. The third kappa shape index (κ3) is 6.62. The van der Waals surface area contributed by atoms with Gasteiger partial charge in [-0.1, -0.05) is 182 Å². The van der Waals surface area contributed by atoms with Crippen molar-refractivity contribution >= 4 is 31.0 Å². The third-order valence-corrected chi connectivity index (χ3v) is 13.2. The van der Waals surface area contributed by atoms with Crippen molar-refractivity contribution in [1.29, 1.82) is 0 Å². The maximum absolute atomic E-state index is 5.65. The van der Waals surface area contributed by atoms with Gasteiger partial charge in [0.1, 0.15) is 0 Å². The average Bonchev–Trinajstić information content (AvgIpc) is 3.64. The van der Waals surface area contributed by atoms with Crippen molar-refractivity contribution in [2.24, 2.45) is 0 Å². The number of anilines is 2. The van der Waals surface area contributed by atoms with Gasteiger partial charge >= 0.3 is 0 Å². The van der Waals surface area contributed by atoms with E-state index in [1.807, 2.05) is 0 Å². The molecule has 0 spiro atoms. The second-order valence-corrected chi connectivity index (χ2v) is 16.1. The first-order valence-corrected chi connectivity index (χ1v) is 20.9. The fourth-order valence-electron chi connectivity index (χ4n) is 7.67. The number of thiol groups is 1. The summed E-state index contributed by atoms with van der Waals surface area (Å²) in [5.74, 6) is 0. The molecule has 8 aromatic carbocycles. The molecule has 1 aliphatic rings. The van der Waals surface area contributed by atoms with Gasteiger partial charge in [0.25, 0.3) is 0 Å². The molecule has 4 heteroatoms. The summed E-state index contributed by atoms with van der Waals surface area (Å²) in [5.41, 5.74) is 16.9. The Balaban J connectivity index is 1.26. The standard InChI is InChI=1S/C50H39N2PS/c54-53-51(49-45(39-23-11-3-12-24-39)33-43(37-19-7-1-8-20-37)34-46(49)40-25-13-4-14-26-40)31-32-52(53)50-47(41-27-15-5-16-28-41)35-44(38-21-9-2-10-22-38)36-48(50)42-29-17-6-18-30-42/h1-30,33-36,54H,31-32H2. The predicted molar refractivity (Wildman–Crippen MR) is 236 cm³/mol. The molecule has 2 nitrogen and oxygen atoms in total. The van der Waals surface area contributed by atoms with Crippen LogP contribution in [0.1, 0.15) is 0 Å². The molecular weight excluding hydrogens is 692 g/mol. The summed E-state index contributed by atoms with van der Waals surface area (Å²) in [7, 11) is -1.14. The normalized spacial score (nSPS) is 13.0.